The number of hydrogen-bond acceptors (Lipinski definition) is 4. The second kappa shape index (κ2) is 24.6. The van der Waals surface area contributed by atoms with E-state index in [1.165, 1.54) is 128 Å². The van der Waals surface area contributed by atoms with Gasteiger partial charge in [0.1, 0.15) is 22.3 Å². The Bertz CT molecular complexity index is 7510. The third-order valence-electron chi connectivity index (χ3n) is 26.7. The molecule has 25 rings (SSSR count). The fourth-order valence-corrected chi connectivity index (χ4v) is 21.9. The van der Waals surface area contributed by atoms with Gasteiger partial charge in [0, 0.05) is 66.5 Å². The van der Waals surface area contributed by atoms with E-state index < -0.39 is 16.2 Å². The van der Waals surface area contributed by atoms with Gasteiger partial charge in [0.05, 0.1) is 16.5 Å². The van der Waals surface area contributed by atoms with E-state index in [1.807, 2.05) is 0 Å². The minimum Gasteiger partial charge on any atom is -0.456 e. The summed E-state index contributed by atoms with van der Waals surface area (Å²) in [6, 6.07) is 149. The van der Waals surface area contributed by atoms with Gasteiger partial charge in [-0.3, -0.25) is 0 Å². The van der Waals surface area contributed by atoms with E-state index >= 15 is 0 Å². The lowest BCUT2D eigenvalue weighted by Crippen LogP contribution is -2.25. The summed E-state index contributed by atoms with van der Waals surface area (Å²) in [6.07, 6.45) is 0. The minimum absolute atomic E-state index is 0.406. The predicted octanol–water partition coefficient (Wildman–Crippen LogP) is 30.1. The molecule has 0 unspecified atom stereocenters. The molecule has 0 amide bonds. The first-order chi connectivity index (χ1) is 57.8. The molecule has 4 nitrogen and oxygen atoms in total. The van der Waals surface area contributed by atoms with Crippen molar-refractivity contribution in [3.63, 3.8) is 0 Å². The second-order valence-electron chi connectivity index (χ2n) is 32.7. The molecule has 18 aromatic carbocycles. The molecule has 0 atom stereocenters. The SMILES string of the molecule is CC1(C)c2cc(N(c3ccc(-c4ccccc4)cc3)c3ccc(-c4cc5c(c6c4oc4ccccc46)-c4ccccc4C54c5ccccc5-c5ccccc54)cc3)ccc2-c2cccc(-c3ccc4c(c3)oc3ccc(N(c5ccc6c(c5)-c5ccccc5C65c6ccccc6-c6ccccc65)c5ccccc5-c5ccccc5)cc34)c21. The molecule has 2 aromatic heterocycles. The van der Waals surface area contributed by atoms with Crippen LogP contribution in [0.25, 0.3) is 144 Å². The molecule has 5 aliphatic rings. The van der Waals surface area contributed by atoms with Crippen LogP contribution in [0.4, 0.5) is 34.1 Å². The fourth-order valence-electron chi connectivity index (χ4n) is 21.9. The standard InChI is InChI=1S/C113H72N2O2/c1-111(2)101-67-78(114(74-53-48-70(49-54-74)69-26-5-3-6-27-69)75-55-50-72(51-56-75)91-68-102-107(108-90-37-16-24-47-104(90)117-110(91)108)89-36-14-22-45-99(89)113(102)96-42-19-11-33-83(96)84-34-12-20-43-97(84)113)57-61-86(101)88-39-25-38-80(109(88)111)73-52-60-87-93-66-77(59-63-105(93)116-106(87)64-73)115(103-46-23-15-30-79(103)71-28-7-4-8-29-71)76-58-62-100-92(65-76)85-35-13-21-44-98(85)112(100)94-40-17-9-31-81(94)82-32-10-18-41-95(82)112/h3-68H,1-2H3. The van der Waals surface area contributed by atoms with Crippen molar-refractivity contribution in [3.05, 3.63) is 456 Å². The first-order valence-electron chi connectivity index (χ1n) is 40.8. The van der Waals surface area contributed by atoms with Crippen molar-refractivity contribution >= 4 is 78.0 Å². The van der Waals surface area contributed by atoms with Crippen LogP contribution in [0, 0.1) is 0 Å². The first-order valence-corrected chi connectivity index (χ1v) is 40.8. The second-order valence-corrected chi connectivity index (χ2v) is 32.7. The third kappa shape index (κ3) is 9.07. The van der Waals surface area contributed by atoms with Crippen molar-refractivity contribution in [2.75, 3.05) is 9.80 Å². The van der Waals surface area contributed by atoms with Gasteiger partial charge in [-0.25, -0.2) is 0 Å². The Kier molecular flexibility index (Phi) is 13.8. The molecule has 4 heteroatoms. The van der Waals surface area contributed by atoms with Crippen molar-refractivity contribution in [2.24, 2.45) is 0 Å². The molecular weight excluding hydrogens is 1420 g/mol. The highest BCUT2D eigenvalue weighted by Crippen LogP contribution is 2.67. The Labute approximate surface area is 678 Å². The summed E-state index contributed by atoms with van der Waals surface area (Å²) >= 11 is 0. The molecule has 2 heterocycles. The van der Waals surface area contributed by atoms with Gasteiger partial charge in [-0.1, -0.05) is 317 Å². The summed E-state index contributed by atoms with van der Waals surface area (Å²) in [5.74, 6) is 0. The van der Waals surface area contributed by atoms with Crippen LogP contribution < -0.4 is 9.80 Å². The van der Waals surface area contributed by atoms with E-state index in [1.54, 1.807) is 0 Å². The van der Waals surface area contributed by atoms with Crippen LogP contribution in [0.1, 0.15) is 69.5 Å². The molecule has 0 radical (unpaired) electrons. The summed E-state index contributed by atoms with van der Waals surface area (Å²) < 4.78 is 14.2. The normalized spacial score (nSPS) is 13.9. The molecule has 0 aliphatic heterocycles. The van der Waals surface area contributed by atoms with Gasteiger partial charge in [0.2, 0.25) is 0 Å². The molecule has 0 N–H and O–H groups in total. The van der Waals surface area contributed by atoms with E-state index in [2.05, 4.69) is 424 Å². The quantitative estimate of drug-likeness (QED) is 0.137. The zero-order chi connectivity index (χ0) is 77.0. The Morgan fingerprint density at radius 2 is 0.650 bits per heavy atom. The van der Waals surface area contributed by atoms with Crippen molar-refractivity contribution in [3.8, 4) is 100 Å². The van der Waals surface area contributed by atoms with Gasteiger partial charge in [0.25, 0.3) is 0 Å². The molecule has 0 bridgehead atoms. The highest BCUT2D eigenvalue weighted by Gasteiger charge is 2.54. The van der Waals surface area contributed by atoms with E-state index in [-0.39, 0.29) is 0 Å². The summed E-state index contributed by atoms with van der Waals surface area (Å²) in [6.45, 7) is 4.82. The van der Waals surface area contributed by atoms with Crippen molar-refractivity contribution in [2.45, 2.75) is 30.1 Å². The Balaban J connectivity index is 0.594. The lowest BCUT2D eigenvalue weighted by Gasteiger charge is -2.31. The number of nitrogens with zero attached hydrogens (tertiary/aromatic N) is 2. The monoisotopic (exact) mass is 1490 g/mol. The van der Waals surface area contributed by atoms with E-state index in [4.69, 9.17) is 8.83 Å². The summed E-state index contributed by atoms with van der Waals surface area (Å²) in [5.41, 5.74) is 43.3. The topological polar surface area (TPSA) is 32.8 Å². The summed E-state index contributed by atoms with van der Waals surface area (Å²) in [5, 5.41) is 4.40. The number of fused-ring (bicyclic) bond motifs is 30. The third-order valence-corrected chi connectivity index (χ3v) is 26.7. The zero-order valence-corrected chi connectivity index (χ0v) is 64.3. The molecule has 20 aromatic rings. The first kappa shape index (κ1) is 65.7. The molecule has 0 saturated heterocycles. The van der Waals surface area contributed by atoms with Gasteiger partial charge < -0.3 is 18.6 Å². The molecule has 546 valence electrons. The number of benzene rings is 18. The van der Waals surface area contributed by atoms with Gasteiger partial charge in [0.15, 0.2) is 0 Å². The number of anilines is 6. The van der Waals surface area contributed by atoms with Gasteiger partial charge in [-0.15, -0.1) is 0 Å². The summed E-state index contributed by atoms with van der Waals surface area (Å²) in [4.78, 5) is 4.90. The average Bonchev–Trinajstić information content (AvgIpc) is 1.49. The highest BCUT2D eigenvalue weighted by molar-refractivity contribution is 6.20. The van der Waals surface area contributed by atoms with Crippen LogP contribution in [0.2, 0.25) is 0 Å². The zero-order valence-electron chi connectivity index (χ0n) is 64.3. The fraction of sp³-hybridized carbons (Fsp3) is 0.0442. The molecule has 5 aliphatic carbocycles. The van der Waals surface area contributed by atoms with Crippen molar-refractivity contribution in [1.29, 1.82) is 0 Å². The highest BCUT2D eigenvalue weighted by atomic mass is 16.3. The molecule has 117 heavy (non-hydrogen) atoms. The number of furan rings is 2. The number of para-hydroxylation sites is 2. The number of hydrogen-bond donors (Lipinski definition) is 0. The average molecular weight is 1490 g/mol. The summed E-state index contributed by atoms with van der Waals surface area (Å²) in [7, 11) is 0. The predicted molar refractivity (Wildman–Crippen MR) is 482 cm³/mol. The van der Waals surface area contributed by atoms with Gasteiger partial charge >= 0.3 is 0 Å². The van der Waals surface area contributed by atoms with Crippen LogP contribution in [0.3, 0.4) is 0 Å². The van der Waals surface area contributed by atoms with E-state index in [0.717, 1.165) is 106 Å². The molecule has 2 spiro atoms. The van der Waals surface area contributed by atoms with Crippen molar-refractivity contribution < 1.29 is 8.83 Å². The lowest BCUT2D eigenvalue weighted by molar-refractivity contribution is 0.661. The minimum atomic E-state index is -0.537. The molecular formula is C113H72N2O2. The molecule has 0 saturated carbocycles. The number of rotatable bonds is 10. The van der Waals surface area contributed by atoms with Crippen LogP contribution in [-0.4, -0.2) is 0 Å². The maximum absolute atomic E-state index is 7.16. The maximum Gasteiger partial charge on any atom is 0.143 e. The molecule has 0 fully saturated rings. The maximum atomic E-state index is 7.16. The van der Waals surface area contributed by atoms with Crippen LogP contribution >= 0.6 is 0 Å². The Morgan fingerprint density at radius 3 is 1.30 bits per heavy atom. The van der Waals surface area contributed by atoms with E-state index in [0.29, 0.717) is 0 Å². The smallest absolute Gasteiger partial charge is 0.143 e. The Hall–Kier alpha value is -14.8. The van der Waals surface area contributed by atoms with Crippen LogP contribution in [0.15, 0.2) is 409 Å². The van der Waals surface area contributed by atoms with Crippen LogP contribution in [0.5, 0.6) is 0 Å². The van der Waals surface area contributed by atoms with E-state index in [9.17, 15) is 0 Å². The van der Waals surface area contributed by atoms with Crippen molar-refractivity contribution in [1.82, 2.24) is 0 Å². The van der Waals surface area contributed by atoms with Gasteiger partial charge in [-0.05, 0) is 242 Å². The van der Waals surface area contributed by atoms with Crippen LogP contribution in [-0.2, 0) is 16.2 Å². The largest absolute Gasteiger partial charge is 0.456 e. The lowest BCUT2D eigenvalue weighted by atomic mass is 9.70. The Morgan fingerprint density at radius 1 is 0.214 bits per heavy atom. The van der Waals surface area contributed by atoms with Gasteiger partial charge in [-0.2, -0.15) is 0 Å².